The van der Waals surface area contributed by atoms with Crippen LogP contribution in [0.25, 0.3) is 5.57 Å². The molecule has 0 spiro atoms. The normalized spacial score (nSPS) is 19.4. The third kappa shape index (κ3) is 2.87. The molecule has 6 heteroatoms. The highest BCUT2D eigenvalue weighted by molar-refractivity contribution is 6.07. The van der Waals surface area contributed by atoms with Gasteiger partial charge in [0.2, 0.25) is 0 Å². The number of rotatable bonds is 4. The Balaban J connectivity index is 2.10. The lowest BCUT2D eigenvalue weighted by Crippen LogP contribution is -2.49. The number of amides is 3. The molecule has 1 saturated heterocycles. The number of imide groups is 1. The van der Waals surface area contributed by atoms with Crippen LogP contribution >= 0.6 is 0 Å². The summed E-state index contributed by atoms with van der Waals surface area (Å²) in [6, 6.07) is 10.1. The number of hydrogen-bond acceptors (Lipinski definition) is 3. The summed E-state index contributed by atoms with van der Waals surface area (Å²) >= 11 is 0. The van der Waals surface area contributed by atoms with Gasteiger partial charge in [0, 0.05) is 11.8 Å². The zero-order chi connectivity index (χ0) is 18.2. The molecule has 0 aliphatic carbocycles. The van der Waals surface area contributed by atoms with E-state index in [2.05, 4.69) is 17.2 Å². The molecule has 2 aromatic rings. The van der Waals surface area contributed by atoms with Gasteiger partial charge in [0.25, 0.3) is 11.5 Å². The molecule has 6 nitrogen and oxygen atoms in total. The zero-order valence-corrected chi connectivity index (χ0v) is 14.1. The van der Waals surface area contributed by atoms with Gasteiger partial charge in [-0.15, -0.1) is 0 Å². The number of urea groups is 1. The summed E-state index contributed by atoms with van der Waals surface area (Å²) in [7, 11) is 0. The van der Waals surface area contributed by atoms with E-state index in [1.165, 1.54) is 4.57 Å². The van der Waals surface area contributed by atoms with Gasteiger partial charge in [-0.3, -0.25) is 14.9 Å². The number of nitrogens with one attached hydrogen (secondary N) is 2. The van der Waals surface area contributed by atoms with Crippen LogP contribution in [0.15, 0.2) is 54.0 Å². The molecule has 1 fully saturated rings. The van der Waals surface area contributed by atoms with Crippen molar-refractivity contribution in [3.8, 4) is 0 Å². The fourth-order valence-corrected chi connectivity index (χ4v) is 2.97. The van der Waals surface area contributed by atoms with Crippen LogP contribution in [-0.4, -0.2) is 16.5 Å². The van der Waals surface area contributed by atoms with Crippen molar-refractivity contribution in [2.24, 2.45) is 0 Å². The molecule has 3 amide bonds. The first-order valence-electron chi connectivity index (χ1n) is 7.89. The Kier molecular flexibility index (Phi) is 4.04. The number of benzene rings is 1. The van der Waals surface area contributed by atoms with Gasteiger partial charge in [-0.2, -0.15) is 0 Å². The summed E-state index contributed by atoms with van der Waals surface area (Å²) < 4.78 is 1.44. The molecule has 2 heterocycles. The third-order valence-electron chi connectivity index (χ3n) is 4.43. The number of hydrogen-bond donors (Lipinski definition) is 2. The van der Waals surface area contributed by atoms with Crippen molar-refractivity contribution in [1.29, 1.82) is 0 Å². The Labute approximate surface area is 145 Å². The van der Waals surface area contributed by atoms with Crippen molar-refractivity contribution in [3.05, 3.63) is 76.2 Å². The number of allylic oxidation sites excluding steroid dienone is 1. The molecular weight excluding hydrogens is 318 g/mol. The molecule has 1 aliphatic heterocycles. The predicted molar refractivity (Wildman–Crippen MR) is 94.9 cm³/mol. The van der Waals surface area contributed by atoms with Crippen LogP contribution in [-0.2, 0) is 16.9 Å². The van der Waals surface area contributed by atoms with Crippen LogP contribution in [0.1, 0.15) is 23.6 Å². The van der Waals surface area contributed by atoms with E-state index in [0.717, 1.165) is 11.1 Å². The summed E-state index contributed by atoms with van der Waals surface area (Å²) in [5, 5.41) is 4.97. The molecule has 1 aliphatic rings. The van der Waals surface area contributed by atoms with E-state index in [1.54, 1.807) is 37.4 Å². The van der Waals surface area contributed by atoms with Gasteiger partial charge < -0.3 is 9.88 Å². The summed E-state index contributed by atoms with van der Waals surface area (Å²) in [4.78, 5) is 36.8. The number of aryl methyl sites for hydroxylation is 1. The molecule has 1 aromatic heterocycles. The highest BCUT2D eigenvalue weighted by atomic mass is 16.2. The minimum Gasteiger partial charge on any atom is -0.318 e. The maximum atomic E-state index is 12.6. The quantitative estimate of drug-likeness (QED) is 0.837. The fourth-order valence-electron chi connectivity index (χ4n) is 2.97. The molecule has 3 rings (SSSR count). The fraction of sp³-hybridized carbons (Fsp3) is 0.211. The summed E-state index contributed by atoms with van der Waals surface area (Å²) in [6.45, 7) is 7.50. The smallest absolute Gasteiger partial charge is 0.318 e. The van der Waals surface area contributed by atoms with Crippen molar-refractivity contribution in [2.45, 2.75) is 25.9 Å². The van der Waals surface area contributed by atoms with E-state index in [1.807, 2.05) is 19.1 Å². The summed E-state index contributed by atoms with van der Waals surface area (Å²) in [6.07, 6.45) is 1.61. The van der Waals surface area contributed by atoms with Gasteiger partial charge in [-0.25, -0.2) is 4.79 Å². The molecule has 128 valence electrons. The third-order valence-corrected chi connectivity index (χ3v) is 4.43. The maximum absolute atomic E-state index is 12.6. The first-order chi connectivity index (χ1) is 11.8. The van der Waals surface area contributed by atoms with Crippen LogP contribution < -0.4 is 16.2 Å². The van der Waals surface area contributed by atoms with E-state index in [4.69, 9.17) is 0 Å². The van der Waals surface area contributed by atoms with E-state index in [9.17, 15) is 14.4 Å². The van der Waals surface area contributed by atoms with Crippen LogP contribution in [0.4, 0.5) is 4.79 Å². The molecule has 1 atom stereocenters. The topological polar surface area (TPSA) is 80.2 Å². The average Bonchev–Trinajstić information content (AvgIpc) is 2.86. The summed E-state index contributed by atoms with van der Waals surface area (Å²) in [5.74, 6) is -0.478. The minimum atomic E-state index is -1.33. The van der Waals surface area contributed by atoms with Gasteiger partial charge in [0.05, 0.1) is 6.54 Å². The molecule has 0 radical (unpaired) electrons. The second kappa shape index (κ2) is 6.05. The first kappa shape index (κ1) is 16.7. The minimum absolute atomic E-state index is 0.0114. The predicted octanol–water partition coefficient (Wildman–Crippen LogP) is 1.92. The monoisotopic (exact) mass is 337 g/mol. The van der Waals surface area contributed by atoms with E-state index in [0.29, 0.717) is 11.1 Å². The summed E-state index contributed by atoms with van der Waals surface area (Å²) in [5.41, 5.74) is 1.48. The molecule has 0 saturated carbocycles. The highest BCUT2D eigenvalue weighted by Gasteiger charge is 2.48. The first-order valence-corrected chi connectivity index (χ1v) is 7.89. The number of pyridine rings is 1. The molecule has 25 heavy (non-hydrogen) atoms. The largest absolute Gasteiger partial charge is 0.322 e. The van der Waals surface area contributed by atoms with Gasteiger partial charge in [0.1, 0.15) is 0 Å². The van der Waals surface area contributed by atoms with E-state index in [-0.39, 0.29) is 12.1 Å². The van der Waals surface area contributed by atoms with Crippen molar-refractivity contribution in [1.82, 2.24) is 15.2 Å². The average molecular weight is 337 g/mol. The van der Waals surface area contributed by atoms with Gasteiger partial charge in [-0.1, -0.05) is 42.5 Å². The molecule has 1 aromatic carbocycles. The Bertz CT molecular complexity index is 928. The standard InChI is InChI=1S/C19H19N3O3/c1-12(2)14-6-8-15(9-7-14)19(17(24)20-18(25)21-19)11-22-10-4-5-13(3)16(22)23/h4-10H,1,11H2,2-3H3,(H2,20,21,24,25). The number of carbonyl (C=O) groups is 2. The van der Waals surface area contributed by atoms with Gasteiger partial charge >= 0.3 is 6.03 Å². The lowest BCUT2D eigenvalue weighted by molar-refractivity contribution is -0.124. The van der Waals surface area contributed by atoms with Gasteiger partial charge in [0.15, 0.2) is 5.54 Å². The second-order valence-electron chi connectivity index (χ2n) is 6.30. The Hall–Kier alpha value is -3.15. The second-order valence-corrected chi connectivity index (χ2v) is 6.30. The SMILES string of the molecule is C=C(C)c1ccc(C2(Cn3cccc(C)c3=O)NC(=O)NC2=O)cc1. The molecule has 2 N–H and O–H groups in total. The van der Waals surface area contributed by atoms with Crippen molar-refractivity contribution >= 4 is 17.5 Å². The van der Waals surface area contributed by atoms with Crippen molar-refractivity contribution in [2.75, 3.05) is 0 Å². The Morgan fingerprint density at radius 1 is 1.16 bits per heavy atom. The van der Waals surface area contributed by atoms with Crippen LogP contribution in [0, 0.1) is 6.92 Å². The lowest BCUT2D eigenvalue weighted by atomic mass is 9.88. The lowest BCUT2D eigenvalue weighted by Gasteiger charge is -2.27. The molecular formula is C19H19N3O3. The van der Waals surface area contributed by atoms with E-state index >= 15 is 0 Å². The zero-order valence-electron chi connectivity index (χ0n) is 14.1. The Morgan fingerprint density at radius 3 is 2.40 bits per heavy atom. The van der Waals surface area contributed by atoms with Crippen LogP contribution in [0.3, 0.4) is 0 Å². The van der Waals surface area contributed by atoms with Gasteiger partial charge in [-0.05, 0) is 31.0 Å². The number of aromatic nitrogens is 1. The van der Waals surface area contributed by atoms with Crippen molar-refractivity contribution < 1.29 is 9.59 Å². The number of carbonyl (C=O) groups excluding carboxylic acids is 2. The molecule has 1 unspecified atom stereocenters. The molecule has 0 bridgehead atoms. The Morgan fingerprint density at radius 2 is 1.84 bits per heavy atom. The van der Waals surface area contributed by atoms with Crippen molar-refractivity contribution in [3.63, 3.8) is 0 Å². The van der Waals surface area contributed by atoms with Crippen LogP contribution in [0.2, 0.25) is 0 Å². The van der Waals surface area contributed by atoms with E-state index < -0.39 is 17.5 Å². The maximum Gasteiger partial charge on any atom is 0.322 e. The number of nitrogens with zero attached hydrogens (tertiary/aromatic N) is 1. The van der Waals surface area contributed by atoms with Crippen LogP contribution in [0.5, 0.6) is 0 Å². The highest BCUT2D eigenvalue weighted by Crippen LogP contribution is 2.28.